The van der Waals surface area contributed by atoms with Gasteiger partial charge in [0, 0.05) is 25.0 Å². The van der Waals surface area contributed by atoms with E-state index >= 15 is 0 Å². The van der Waals surface area contributed by atoms with Crippen LogP contribution in [0.3, 0.4) is 0 Å². The van der Waals surface area contributed by atoms with Crippen LogP contribution in [0.2, 0.25) is 0 Å². The van der Waals surface area contributed by atoms with Crippen molar-refractivity contribution in [2.45, 2.75) is 33.7 Å². The highest BCUT2D eigenvalue weighted by molar-refractivity contribution is 7.15. The maximum absolute atomic E-state index is 4.59. The number of aromatic nitrogens is 1. The van der Waals surface area contributed by atoms with Gasteiger partial charge in [0.2, 0.25) is 0 Å². The molecule has 0 aliphatic heterocycles. The lowest BCUT2D eigenvalue weighted by molar-refractivity contribution is 0.731. The van der Waals surface area contributed by atoms with E-state index in [-0.39, 0.29) is 0 Å². The zero-order valence-electron chi connectivity index (χ0n) is 10.1. The van der Waals surface area contributed by atoms with E-state index in [0.29, 0.717) is 0 Å². The second kappa shape index (κ2) is 6.08. The van der Waals surface area contributed by atoms with Gasteiger partial charge in [-0.2, -0.15) is 0 Å². The molecule has 4 heteroatoms. The summed E-state index contributed by atoms with van der Waals surface area (Å²) < 4.78 is 0. The average Bonchev–Trinajstić information content (AvgIpc) is 2.57. The molecule has 0 spiro atoms. The predicted molar refractivity (Wildman–Crippen MR) is 67.8 cm³/mol. The molecule has 0 bridgehead atoms. The van der Waals surface area contributed by atoms with Crippen LogP contribution in [0, 0.1) is 6.92 Å². The normalized spacial score (nSPS) is 10.7. The monoisotopic (exact) mass is 227 g/mol. The molecule has 1 aromatic rings. The first kappa shape index (κ1) is 12.5. The van der Waals surface area contributed by atoms with E-state index in [1.54, 1.807) is 11.3 Å². The Balaban J connectivity index is 2.67. The molecule has 1 heterocycles. The third-order valence-electron chi connectivity index (χ3n) is 2.30. The van der Waals surface area contributed by atoms with E-state index in [2.05, 4.69) is 43.0 Å². The summed E-state index contributed by atoms with van der Waals surface area (Å²) in [6, 6.07) is 0. The smallest absolute Gasteiger partial charge is 0.185 e. The largest absolute Gasteiger partial charge is 0.351 e. The number of anilines is 1. The minimum absolute atomic E-state index is 0.944. The minimum Gasteiger partial charge on any atom is -0.351 e. The van der Waals surface area contributed by atoms with Crippen molar-refractivity contribution >= 4 is 16.5 Å². The molecular formula is C11H21N3S. The maximum atomic E-state index is 4.59. The molecule has 0 aromatic carbocycles. The third kappa shape index (κ3) is 3.47. The SMILES string of the molecule is CCCN(C)c1nc(C)c(CNCC)s1. The summed E-state index contributed by atoms with van der Waals surface area (Å²) in [6.45, 7) is 9.44. The molecular weight excluding hydrogens is 206 g/mol. The number of hydrogen-bond acceptors (Lipinski definition) is 4. The lowest BCUT2D eigenvalue weighted by atomic mass is 10.4. The first-order valence-corrected chi connectivity index (χ1v) is 6.38. The lowest BCUT2D eigenvalue weighted by Gasteiger charge is -2.13. The van der Waals surface area contributed by atoms with Crippen molar-refractivity contribution in [1.29, 1.82) is 0 Å². The van der Waals surface area contributed by atoms with Crippen molar-refractivity contribution in [3.05, 3.63) is 10.6 Å². The Labute approximate surface area is 96.5 Å². The van der Waals surface area contributed by atoms with Gasteiger partial charge in [-0.3, -0.25) is 0 Å². The fourth-order valence-electron chi connectivity index (χ4n) is 1.41. The molecule has 0 aliphatic carbocycles. The molecule has 1 N–H and O–H groups in total. The summed E-state index contributed by atoms with van der Waals surface area (Å²) in [4.78, 5) is 8.17. The summed E-state index contributed by atoms with van der Waals surface area (Å²) in [7, 11) is 2.11. The van der Waals surface area contributed by atoms with Gasteiger partial charge in [0.25, 0.3) is 0 Å². The molecule has 0 saturated carbocycles. The van der Waals surface area contributed by atoms with Crippen LogP contribution in [0.5, 0.6) is 0 Å². The summed E-state index contributed by atoms with van der Waals surface area (Å²) >= 11 is 1.80. The minimum atomic E-state index is 0.944. The molecule has 86 valence electrons. The maximum Gasteiger partial charge on any atom is 0.185 e. The van der Waals surface area contributed by atoms with Crippen LogP contribution < -0.4 is 10.2 Å². The number of thiazole rings is 1. The van der Waals surface area contributed by atoms with Crippen LogP contribution in [0.25, 0.3) is 0 Å². The molecule has 0 radical (unpaired) electrons. The molecule has 0 amide bonds. The van der Waals surface area contributed by atoms with E-state index in [9.17, 15) is 0 Å². The van der Waals surface area contributed by atoms with Crippen LogP contribution in [0.4, 0.5) is 5.13 Å². The van der Waals surface area contributed by atoms with Gasteiger partial charge in [-0.25, -0.2) is 4.98 Å². The van der Waals surface area contributed by atoms with Crippen molar-refractivity contribution in [3.8, 4) is 0 Å². The predicted octanol–water partition coefficient (Wildman–Crippen LogP) is 2.41. The van der Waals surface area contributed by atoms with E-state index in [1.807, 2.05) is 0 Å². The zero-order chi connectivity index (χ0) is 11.3. The molecule has 3 nitrogen and oxygen atoms in total. The molecule has 0 fully saturated rings. The zero-order valence-corrected chi connectivity index (χ0v) is 10.9. The Hall–Kier alpha value is -0.610. The molecule has 1 aromatic heterocycles. The standard InChI is InChI=1S/C11H21N3S/c1-5-7-14(4)11-13-9(3)10(15-11)8-12-6-2/h12H,5-8H2,1-4H3. The van der Waals surface area contributed by atoms with Gasteiger partial charge >= 0.3 is 0 Å². The highest BCUT2D eigenvalue weighted by Gasteiger charge is 2.09. The highest BCUT2D eigenvalue weighted by atomic mass is 32.1. The second-order valence-electron chi connectivity index (χ2n) is 3.71. The Kier molecular flexibility index (Phi) is 5.05. The van der Waals surface area contributed by atoms with Crippen molar-refractivity contribution in [2.75, 3.05) is 25.0 Å². The van der Waals surface area contributed by atoms with Crippen molar-refractivity contribution in [3.63, 3.8) is 0 Å². The highest BCUT2D eigenvalue weighted by Crippen LogP contribution is 2.25. The van der Waals surface area contributed by atoms with E-state index in [1.165, 1.54) is 10.6 Å². The van der Waals surface area contributed by atoms with Crippen LogP contribution in [-0.4, -0.2) is 25.1 Å². The molecule has 1 rings (SSSR count). The van der Waals surface area contributed by atoms with Gasteiger partial charge in [-0.15, -0.1) is 11.3 Å². The molecule has 0 atom stereocenters. The van der Waals surface area contributed by atoms with E-state index < -0.39 is 0 Å². The Bertz CT molecular complexity index is 296. The van der Waals surface area contributed by atoms with Crippen molar-refractivity contribution < 1.29 is 0 Å². The lowest BCUT2D eigenvalue weighted by Crippen LogP contribution is -2.17. The van der Waals surface area contributed by atoms with Crippen LogP contribution in [-0.2, 0) is 6.54 Å². The second-order valence-corrected chi connectivity index (χ2v) is 4.77. The Morgan fingerprint density at radius 2 is 2.13 bits per heavy atom. The van der Waals surface area contributed by atoms with E-state index in [4.69, 9.17) is 0 Å². The molecule has 0 aliphatic rings. The van der Waals surface area contributed by atoms with Crippen molar-refractivity contribution in [1.82, 2.24) is 10.3 Å². The summed E-state index contributed by atoms with van der Waals surface area (Å²) in [5.41, 5.74) is 1.17. The van der Waals surface area contributed by atoms with Crippen LogP contribution in [0.15, 0.2) is 0 Å². The summed E-state index contributed by atoms with van der Waals surface area (Å²) in [6.07, 6.45) is 1.16. The Morgan fingerprint density at radius 1 is 1.40 bits per heavy atom. The number of nitrogens with zero attached hydrogens (tertiary/aromatic N) is 2. The summed E-state index contributed by atoms with van der Waals surface area (Å²) in [5.74, 6) is 0. The van der Waals surface area contributed by atoms with Gasteiger partial charge in [0.1, 0.15) is 0 Å². The van der Waals surface area contributed by atoms with Crippen molar-refractivity contribution in [2.24, 2.45) is 0 Å². The number of hydrogen-bond donors (Lipinski definition) is 1. The topological polar surface area (TPSA) is 28.2 Å². The van der Waals surface area contributed by atoms with Crippen LogP contribution in [0.1, 0.15) is 30.8 Å². The molecule has 0 unspecified atom stereocenters. The van der Waals surface area contributed by atoms with Crippen LogP contribution >= 0.6 is 11.3 Å². The number of nitrogens with one attached hydrogen (secondary N) is 1. The van der Waals surface area contributed by atoms with Gasteiger partial charge in [0.15, 0.2) is 5.13 Å². The van der Waals surface area contributed by atoms with Gasteiger partial charge in [0.05, 0.1) is 5.69 Å². The van der Waals surface area contributed by atoms with E-state index in [0.717, 1.165) is 31.2 Å². The first-order chi connectivity index (χ1) is 7.19. The average molecular weight is 227 g/mol. The van der Waals surface area contributed by atoms with Gasteiger partial charge in [-0.05, 0) is 19.9 Å². The third-order valence-corrected chi connectivity index (χ3v) is 3.57. The Morgan fingerprint density at radius 3 is 2.73 bits per heavy atom. The quantitative estimate of drug-likeness (QED) is 0.809. The fourth-order valence-corrected chi connectivity index (χ4v) is 2.43. The van der Waals surface area contributed by atoms with Gasteiger partial charge < -0.3 is 10.2 Å². The van der Waals surface area contributed by atoms with Gasteiger partial charge in [-0.1, -0.05) is 13.8 Å². The fraction of sp³-hybridized carbons (Fsp3) is 0.727. The molecule has 15 heavy (non-hydrogen) atoms. The first-order valence-electron chi connectivity index (χ1n) is 5.57. The summed E-state index contributed by atoms with van der Waals surface area (Å²) in [5, 5.41) is 4.48. The number of rotatable bonds is 6. The molecule has 0 saturated heterocycles. The number of aryl methyl sites for hydroxylation is 1.